The zero-order valence-corrected chi connectivity index (χ0v) is 11.0. The van der Waals surface area contributed by atoms with Gasteiger partial charge in [0, 0.05) is 19.6 Å². The lowest BCUT2D eigenvalue weighted by atomic mass is 10.1. The Hall–Kier alpha value is -1.37. The molecule has 1 aliphatic heterocycles. The summed E-state index contributed by atoms with van der Waals surface area (Å²) in [4.78, 5) is 4.12. The molecular weight excluding hydrogens is 257 g/mol. The minimum atomic E-state index is -4.44. The second kappa shape index (κ2) is 5.32. The van der Waals surface area contributed by atoms with Crippen molar-refractivity contribution in [3.63, 3.8) is 0 Å². The Morgan fingerprint density at radius 2 is 2.05 bits per heavy atom. The van der Waals surface area contributed by atoms with Gasteiger partial charge in [0.25, 0.3) is 0 Å². The first-order chi connectivity index (χ1) is 8.88. The van der Waals surface area contributed by atoms with Crippen molar-refractivity contribution in [1.82, 2.24) is 15.1 Å². The van der Waals surface area contributed by atoms with Crippen molar-refractivity contribution in [1.29, 1.82) is 0 Å². The fourth-order valence-corrected chi connectivity index (χ4v) is 2.31. The molecule has 0 bridgehead atoms. The van der Waals surface area contributed by atoms with Gasteiger partial charge in [0.1, 0.15) is 0 Å². The highest BCUT2D eigenvalue weighted by atomic mass is 19.4. The smallest absolute Gasteiger partial charge is 0.354 e. The molecule has 1 aromatic heterocycles. The number of halogens is 3. The maximum atomic E-state index is 12.4. The molecule has 1 saturated heterocycles. The summed E-state index contributed by atoms with van der Waals surface area (Å²) in [6.07, 6.45) is -2.34. The third-order valence-corrected chi connectivity index (χ3v) is 3.45. The summed E-state index contributed by atoms with van der Waals surface area (Å²) >= 11 is 0. The van der Waals surface area contributed by atoms with Crippen LogP contribution >= 0.6 is 0 Å². The second-order valence-corrected chi connectivity index (χ2v) is 4.94. The summed E-state index contributed by atoms with van der Waals surface area (Å²) in [6, 6.07) is 2.63. The van der Waals surface area contributed by atoms with E-state index in [1.54, 1.807) is 0 Å². The molecule has 1 atom stereocenters. The molecule has 0 saturated carbocycles. The van der Waals surface area contributed by atoms with Gasteiger partial charge in [-0.15, -0.1) is 10.2 Å². The molecule has 0 aromatic carbocycles. The Morgan fingerprint density at radius 1 is 1.32 bits per heavy atom. The molecule has 0 amide bonds. The number of nitrogens with zero attached hydrogens (tertiary/aromatic N) is 4. The predicted octanol–water partition coefficient (Wildman–Crippen LogP) is 2.03. The van der Waals surface area contributed by atoms with Crippen LogP contribution < -0.4 is 4.90 Å². The van der Waals surface area contributed by atoms with Gasteiger partial charge in [-0.25, -0.2) is 0 Å². The van der Waals surface area contributed by atoms with E-state index < -0.39 is 11.9 Å². The highest BCUT2D eigenvalue weighted by Gasteiger charge is 2.33. The van der Waals surface area contributed by atoms with Gasteiger partial charge in [0.2, 0.25) is 0 Å². The van der Waals surface area contributed by atoms with Crippen LogP contribution in [0.3, 0.4) is 0 Å². The molecule has 4 nitrogen and oxygen atoms in total. The van der Waals surface area contributed by atoms with Crippen molar-refractivity contribution in [2.45, 2.75) is 25.1 Å². The molecule has 106 valence electrons. The molecule has 0 radical (unpaired) electrons. The third kappa shape index (κ3) is 3.34. The lowest BCUT2D eigenvalue weighted by Gasteiger charge is -2.36. The van der Waals surface area contributed by atoms with Crippen LogP contribution in [0.2, 0.25) is 0 Å². The quantitative estimate of drug-likeness (QED) is 0.826. The second-order valence-electron chi connectivity index (χ2n) is 4.94. The van der Waals surface area contributed by atoms with Gasteiger partial charge in [-0.1, -0.05) is 0 Å². The van der Waals surface area contributed by atoms with Gasteiger partial charge in [-0.05, 0) is 38.6 Å². The Labute approximate surface area is 110 Å². The summed E-state index contributed by atoms with van der Waals surface area (Å²) in [5.74, 6) is 0.480. The number of anilines is 1. The Kier molecular flexibility index (Phi) is 3.93. The molecule has 0 spiro atoms. The molecule has 0 N–H and O–H groups in total. The number of likely N-dealkylation sites (tertiary alicyclic amines) is 1. The van der Waals surface area contributed by atoms with Crippen molar-refractivity contribution < 1.29 is 13.2 Å². The molecular formula is C12H17F3N4. The zero-order chi connectivity index (χ0) is 14.0. The van der Waals surface area contributed by atoms with E-state index in [-0.39, 0.29) is 6.04 Å². The van der Waals surface area contributed by atoms with Crippen molar-refractivity contribution >= 4 is 5.82 Å². The molecule has 1 aromatic rings. The van der Waals surface area contributed by atoms with Crippen LogP contribution in [-0.4, -0.2) is 48.3 Å². The summed E-state index contributed by atoms with van der Waals surface area (Å²) in [5, 5.41) is 6.94. The minimum absolute atomic E-state index is 0.268. The zero-order valence-electron chi connectivity index (χ0n) is 11.0. The van der Waals surface area contributed by atoms with E-state index in [4.69, 9.17) is 0 Å². The van der Waals surface area contributed by atoms with E-state index in [0.29, 0.717) is 5.82 Å². The first-order valence-corrected chi connectivity index (χ1v) is 6.20. The van der Waals surface area contributed by atoms with Crippen molar-refractivity contribution in [2.24, 2.45) is 0 Å². The van der Waals surface area contributed by atoms with Crippen molar-refractivity contribution in [3.8, 4) is 0 Å². The van der Waals surface area contributed by atoms with Gasteiger partial charge in [0.15, 0.2) is 11.5 Å². The van der Waals surface area contributed by atoms with E-state index in [1.165, 1.54) is 6.07 Å². The molecule has 2 heterocycles. The maximum absolute atomic E-state index is 12.4. The van der Waals surface area contributed by atoms with Crippen LogP contribution in [0, 0.1) is 0 Å². The topological polar surface area (TPSA) is 32.3 Å². The number of piperidine rings is 1. The number of aromatic nitrogens is 2. The van der Waals surface area contributed by atoms with Crippen molar-refractivity contribution in [3.05, 3.63) is 17.8 Å². The van der Waals surface area contributed by atoms with Gasteiger partial charge in [-0.2, -0.15) is 13.2 Å². The lowest BCUT2D eigenvalue weighted by molar-refractivity contribution is -0.141. The molecule has 2 rings (SSSR count). The third-order valence-electron chi connectivity index (χ3n) is 3.45. The molecule has 1 fully saturated rings. The molecule has 7 heteroatoms. The van der Waals surface area contributed by atoms with Gasteiger partial charge >= 0.3 is 6.18 Å². The monoisotopic (exact) mass is 274 g/mol. The van der Waals surface area contributed by atoms with Crippen LogP contribution in [-0.2, 0) is 6.18 Å². The Bertz CT molecular complexity index is 418. The Balaban J connectivity index is 2.09. The standard InChI is InChI=1S/C12H17F3N4/c1-18-7-3-4-9(8-18)19(2)11-6-5-10(16-17-11)12(13,14)15/h5-6,9H,3-4,7-8H2,1-2H3. The lowest BCUT2D eigenvalue weighted by Crippen LogP contribution is -2.45. The normalized spacial score (nSPS) is 21.4. The van der Waals surface area contributed by atoms with E-state index in [2.05, 4.69) is 15.1 Å². The average Bonchev–Trinajstić information content (AvgIpc) is 2.37. The number of rotatable bonds is 2. The molecule has 1 aliphatic rings. The Morgan fingerprint density at radius 3 is 2.58 bits per heavy atom. The van der Waals surface area contributed by atoms with Crippen molar-refractivity contribution in [2.75, 3.05) is 32.1 Å². The van der Waals surface area contributed by atoms with Crippen LogP contribution in [0.1, 0.15) is 18.5 Å². The average molecular weight is 274 g/mol. The molecule has 0 aliphatic carbocycles. The fourth-order valence-electron chi connectivity index (χ4n) is 2.31. The maximum Gasteiger partial charge on any atom is 0.435 e. The minimum Gasteiger partial charge on any atom is -0.354 e. The van der Waals surface area contributed by atoms with Crippen LogP contribution in [0.5, 0.6) is 0 Å². The highest BCUT2D eigenvalue weighted by molar-refractivity contribution is 5.38. The number of likely N-dealkylation sites (N-methyl/N-ethyl adjacent to an activating group) is 2. The van der Waals surface area contributed by atoms with Crippen LogP contribution in [0.4, 0.5) is 19.0 Å². The summed E-state index contributed by atoms with van der Waals surface area (Å²) in [5.41, 5.74) is -0.953. The fraction of sp³-hybridized carbons (Fsp3) is 0.667. The van der Waals surface area contributed by atoms with Gasteiger partial charge < -0.3 is 9.80 Å². The van der Waals surface area contributed by atoms with Gasteiger partial charge in [-0.3, -0.25) is 0 Å². The largest absolute Gasteiger partial charge is 0.435 e. The van der Waals surface area contributed by atoms with E-state index in [0.717, 1.165) is 32.0 Å². The first kappa shape index (κ1) is 14.0. The summed E-state index contributed by atoms with van der Waals surface area (Å²) in [6.45, 7) is 1.95. The van der Waals surface area contributed by atoms with E-state index >= 15 is 0 Å². The summed E-state index contributed by atoms with van der Waals surface area (Å²) < 4.78 is 37.2. The molecule has 1 unspecified atom stereocenters. The van der Waals surface area contributed by atoms with Crippen LogP contribution in [0.25, 0.3) is 0 Å². The predicted molar refractivity (Wildman–Crippen MR) is 66.0 cm³/mol. The highest BCUT2D eigenvalue weighted by Crippen LogP contribution is 2.28. The number of hydrogen-bond donors (Lipinski definition) is 0. The van der Waals surface area contributed by atoms with E-state index in [9.17, 15) is 13.2 Å². The number of alkyl halides is 3. The van der Waals surface area contributed by atoms with E-state index in [1.807, 2.05) is 19.0 Å². The first-order valence-electron chi connectivity index (χ1n) is 6.20. The SMILES string of the molecule is CN1CCCC(N(C)c2ccc(C(F)(F)F)nn2)C1. The summed E-state index contributed by atoms with van der Waals surface area (Å²) in [7, 11) is 3.89. The molecule has 19 heavy (non-hydrogen) atoms. The van der Waals surface area contributed by atoms with Crippen LogP contribution in [0.15, 0.2) is 12.1 Å². The van der Waals surface area contributed by atoms with Gasteiger partial charge in [0.05, 0.1) is 0 Å². The number of hydrogen-bond acceptors (Lipinski definition) is 4.